The molecule has 4 rings (SSSR count). The third kappa shape index (κ3) is 4.00. The monoisotopic (exact) mass is 407 g/mol. The Kier molecular flexibility index (Phi) is 5.06. The van der Waals surface area contributed by atoms with Crippen molar-refractivity contribution in [3.05, 3.63) is 53.5 Å². The number of aryl methyl sites for hydroxylation is 4. The number of nitrogens with zero attached hydrogens (tertiary/aromatic N) is 6. The molecule has 9 heteroatoms. The molecule has 3 heterocycles. The van der Waals surface area contributed by atoms with Crippen molar-refractivity contribution in [1.82, 2.24) is 29.3 Å². The smallest absolute Gasteiger partial charge is 0.252 e. The van der Waals surface area contributed by atoms with E-state index in [4.69, 9.17) is 0 Å². The molecule has 29 heavy (non-hydrogen) atoms. The van der Waals surface area contributed by atoms with Gasteiger partial charge in [0.1, 0.15) is 5.82 Å². The number of hydrogen-bond acceptors (Lipinski definition) is 6. The Hall–Kier alpha value is -3.20. The van der Waals surface area contributed by atoms with E-state index in [-0.39, 0.29) is 11.7 Å². The first-order chi connectivity index (χ1) is 13.9. The van der Waals surface area contributed by atoms with Crippen LogP contribution in [-0.2, 0) is 11.8 Å². The summed E-state index contributed by atoms with van der Waals surface area (Å²) in [7, 11) is 1.95. The first-order valence-electron chi connectivity index (χ1n) is 9.14. The fraction of sp³-hybridized carbons (Fsp3) is 0.250. The van der Waals surface area contributed by atoms with Crippen molar-refractivity contribution in [2.24, 2.45) is 7.05 Å². The first kappa shape index (κ1) is 19.1. The fourth-order valence-corrected chi connectivity index (χ4v) is 3.89. The van der Waals surface area contributed by atoms with Crippen LogP contribution in [0.1, 0.15) is 17.1 Å². The van der Waals surface area contributed by atoms with Gasteiger partial charge in [-0.05, 0) is 39.0 Å². The second kappa shape index (κ2) is 7.67. The average molecular weight is 408 g/mol. The van der Waals surface area contributed by atoms with E-state index in [9.17, 15) is 4.79 Å². The van der Waals surface area contributed by atoms with E-state index >= 15 is 0 Å². The molecule has 0 aliphatic carbocycles. The lowest BCUT2D eigenvalue weighted by Gasteiger charge is -2.09. The standard InChI is InChI=1S/C20H21N7OS/c1-12-9-13(2)22-19(21-12)27-17(10-14(3)25-27)24-18(28)11-29-20-23-15-7-5-6-8-16(15)26(20)4/h5-10H,11H2,1-4H3,(H,24,28). The summed E-state index contributed by atoms with van der Waals surface area (Å²) in [5, 5.41) is 8.14. The summed E-state index contributed by atoms with van der Waals surface area (Å²) in [6.07, 6.45) is 0. The summed E-state index contributed by atoms with van der Waals surface area (Å²) in [5.74, 6) is 1.07. The second-order valence-corrected chi connectivity index (χ2v) is 7.75. The van der Waals surface area contributed by atoms with Gasteiger partial charge >= 0.3 is 0 Å². The Bertz CT molecular complexity index is 1190. The van der Waals surface area contributed by atoms with Crippen molar-refractivity contribution in [3.63, 3.8) is 0 Å². The summed E-state index contributed by atoms with van der Waals surface area (Å²) in [6, 6.07) is 11.6. The van der Waals surface area contributed by atoms with Gasteiger partial charge in [0.15, 0.2) is 5.16 Å². The van der Waals surface area contributed by atoms with E-state index < -0.39 is 0 Å². The molecule has 0 unspecified atom stereocenters. The molecule has 0 bridgehead atoms. The molecule has 1 N–H and O–H groups in total. The molecule has 8 nitrogen and oxygen atoms in total. The normalized spacial score (nSPS) is 11.2. The van der Waals surface area contributed by atoms with E-state index in [0.29, 0.717) is 11.8 Å². The van der Waals surface area contributed by atoms with Crippen LogP contribution >= 0.6 is 11.8 Å². The van der Waals surface area contributed by atoms with Crippen LogP contribution in [0.4, 0.5) is 5.82 Å². The number of rotatable bonds is 5. The molecular formula is C20H21N7OS. The van der Waals surface area contributed by atoms with Crippen LogP contribution < -0.4 is 5.32 Å². The van der Waals surface area contributed by atoms with Gasteiger partial charge in [-0.1, -0.05) is 23.9 Å². The summed E-state index contributed by atoms with van der Waals surface area (Å²) in [6.45, 7) is 5.67. The number of imidazole rings is 1. The number of para-hydroxylation sites is 2. The molecule has 0 aliphatic rings. The van der Waals surface area contributed by atoms with Crippen molar-refractivity contribution in [1.29, 1.82) is 0 Å². The molecule has 0 radical (unpaired) electrons. The maximum atomic E-state index is 12.6. The van der Waals surface area contributed by atoms with Crippen LogP contribution in [0.3, 0.4) is 0 Å². The summed E-state index contributed by atoms with van der Waals surface area (Å²) in [4.78, 5) is 26.0. The number of hydrogen-bond donors (Lipinski definition) is 1. The molecule has 0 atom stereocenters. The number of amides is 1. The summed E-state index contributed by atoms with van der Waals surface area (Å²) >= 11 is 1.39. The van der Waals surface area contributed by atoms with Crippen molar-refractivity contribution >= 4 is 34.5 Å². The minimum Gasteiger partial charge on any atom is -0.322 e. The average Bonchev–Trinajstić information content (AvgIpc) is 3.19. The third-order valence-electron chi connectivity index (χ3n) is 4.34. The van der Waals surface area contributed by atoms with Crippen molar-refractivity contribution in [2.45, 2.75) is 25.9 Å². The van der Waals surface area contributed by atoms with Gasteiger partial charge < -0.3 is 9.88 Å². The minimum absolute atomic E-state index is 0.146. The highest BCUT2D eigenvalue weighted by molar-refractivity contribution is 7.99. The number of fused-ring (bicyclic) bond motifs is 1. The molecule has 0 saturated heterocycles. The van der Waals surface area contributed by atoms with E-state index in [0.717, 1.165) is 33.3 Å². The van der Waals surface area contributed by atoms with Crippen molar-refractivity contribution in [3.8, 4) is 5.95 Å². The van der Waals surface area contributed by atoms with Gasteiger partial charge in [0.05, 0.1) is 22.5 Å². The van der Waals surface area contributed by atoms with Gasteiger partial charge in [-0.2, -0.15) is 9.78 Å². The van der Waals surface area contributed by atoms with Gasteiger partial charge in [0.25, 0.3) is 5.95 Å². The van der Waals surface area contributed by atoms with Crippen LogP contribution in [0.2, 0.25) is 0 Å². The Morgan fingerprint density at radius 2 is 1.76 bits per heavy atom. The van der Waals surface area contributed by atoms with Crippen LogP contribution in [0.5, 0.6) is 0 Å². The quantitative estimate of drug-likeness (QED) is 0.511. The number of nitrogens with one attached hydrogen (secondary N) is 1. The van der Waals surface area contributed by atoms with Crippen LogP contribution in [0, 0.1) is 20.8 Å². The molecule has 3 aromatic heterocycles. The maximum Gasteiger partial charge on any atom is 0.252 e. The number of carbonyl (C=O) groups is 1. The zero-order valence-corrected chi connectivity index (χ0v) is 17.5. The van der Waals surface area contributed by atoms with E-state index in [1.165, 1.54) is 11.8 Å². The lowest BCUT2D eigenvalue weighted by molar-refractivity contribution is -0.113. The van der Waals surface area contributed by atoms with E-state index in [1.807, 2.05) is 62.7 Å². The predicted molar refractivity (Wildman–Crippen MR) is 113 cm³/mol. The zero-order valence-electron chi connectivity index (χ0n) is 16.7. The SMILES string of the molecule is Cc1cc(C)nc(-n2nc(C)cc2NC(=O)CSc2nc3ccccc3n2C)n1. The van der Waals surface area contributed by atoms with Gasteiger partial charge in [0.2, 0.25) is 5.91 Å². The molecule has 0 saturated carbocycles. The Labute approximate surface area is 172 Å². The van der Waals surface area contributed by atoms with Crippen molar-refractivity contribution < 1.29 is 4.79 Å². The molecule has 0 spiro atoms. The molecule has 1 amide bonds. The van der Waals surface area contributed by atoms with E-state index in [1.54, 1.807) is 10.7 Å². The molecular weight excluding hydrogens is 386 g/mol. The van der Waals surface area contributed by atoms with Gasteiger partial charge in [-0.15, -0.1) is 0 Å². The minimum atomic E-state index is -0.146. The number of benzene rings is 1. The highest BCUT2D eigenvalue weighted by Gasteiger charge is 2.15. The molecule has 148 valence electrons. The number of carbonyl (C=O) groups excluding carboxylic acids is 1. The highest BCUT2D eigenvalue weighted by atomic mass is 32.2. The topological polar surface area (TPSA) is 90.5 Å². The van der Waals surface area contributed by atoms with Gasteiger partial charge in [-0.3, -0.25) is 4.79 Å². The van der Waals surface area contributed by atoms with Crippen LogP contribution in [-0.4, -0.2) is 41.0 Å². The summed E-state index contributed by atoms with van der Waals surface area (Å²) in [5.41, 5.74) is 4.41. The molecule has 0 aliphatic heterocycles. The third-order valence-corrected chi connectivity index (χ3v) is 5.37. The largest absolute Gasteiger partial charge is 0.322 e. The Morgan fingerprint density at radius 1 is 1.03 bits per heavy atom. The lowest BCUT2D eigenvalue weighted by atomic mass is 10.3. The first-order valence-corrected chi connectivity index (χ1v) is 10.1. The zero-order chi connectivity index (χ0) is 20.5. The van der Waals surface area contributed by atoms with Gasteiger partial charge in [-0.25, -0.2) is 15.0 Å². The number of thioether (sulfide) groups is 1. The molecule has 4 aromatic rings. The fourth-order valence-electron chi connectivity index (χ4n) is 3.10. The van der Waals surface area contributed by atoms with Crippen molar-refractivity contribution in [2.75, 3.05) is 11.1 Å². The number of aromatic nitrogens is 6. The predicted octanol–water partition coefficient (Wildman–Crippen LogP) is 3.21. The Morgan fingerprint density at radius 3 is 2.48 bits per heavy atom. The maximum absolute atomic E-state index is 12.6. The molecule has 1 aromatic carbocycles. The number of anilines is 1. The van der Waals surface area contributed by atoms with Gasteiger partial charge in [0, 0.05) is 24.5 Å². The van der Waals surface area contributed by atoms with E-state index in [2.05, 4.69) is 25.4 Å². The molecule has 0 fully saturated rings. The summed E-state index contributed by atoms with van der Waals surface area (Å²) < 4.78 is 3.55. The highest BCUT2D eigenvalue weighted by Crippen LogP contribution is 2.23. The Balaban J connectivity index is 1.51. The lowest BCUT2D eigenvalue weighted by Crippen LogP contribution is -2.18. The second-order valence-electron chi connectivity index (χ2n) is 6.81. The van der Waals surface area contributed by atoms with Crippen LogP contribution in [0.25, 0.3) is 17.0 Å². The van der Waals surface area contributed by atoms with Crippen LogP contribution in [0.15, 0.2) is 41.6 Å².